The van der Waals surface area contributed by atoms with E-state index in [1.807, 2.05) is 66.7 Å². The Labute approximate surface area is 146 Å². The minimum Gasteiger partial charge on any atom is -0.389 e. The van der Waals surface area contributed by atoms with Crippen molar-refractivity contribution in [2.24, 2.45) is 0 Å². The molecule has 4 heteroatoms. The number of hydrogen-bond donors (Lipinski definition) is 1. The summed E-state index contributed by atoms with van der Waals surface area (Å²) in [7, 11) is 0. The van der Waals surface area contributed by atoms with Crippen LogP contribution in [0.5, 0.6) is 0 Å². The molecular formula is C21H19NO3. The first-order valence-electron chi connectivity index (χ1n) is 8.37. The number of nitrogens with zero attached hydrogens (tertiary/aromatic N) is 1. The van der Waals surface area contributed by atoms with Crippen LogP contribution in [0.2, 0.25) is 0 Å². The zero-order chi connectivity index (χ0) is 17.2. The second kappa shape index (κ2) is 6.67. The van der Waals surface area contributed by atoms with E-state index < -0.39 is 6.10 Å². The summed E-state index contributed by atoms with van der Waals surface area (Å²) in [5.41, 5.74) is 2.62. The topological polar surface area (TPSA) is 49.8 Å². The van der Waals surface area contributed by atoms with Crippen LogP contribution in [0.4, 0.5) is 5.69 Å². The van der Waals surface area contributed by atoms with Gasteiger partial charge in [-0.15, -0.1) is 0 Å². The molecule has 1 atom stereocenters. The number of carbonyl (C=O) groups is 1. The molecule has 0 unspecified atom stereocenters. The van der Waals surface area contributed by atoms with Crippen molar-refractivity contribution in [2.45, 2.75) is 12.7 Å². The lowest BCUT2D eigenvalue weighted by Gasteiger charge is -2.21. The highest BCUT2D eigenvalue weighted by molar-refractivity contribution is 6.25. The van der Waals surface area contributed by atoms with Crippen molar-refractivity contribution in [3.63, 3.8) is 0 Å². The molecule has 0 radical (unpaired) electrons. The number of aliphatic hydroxyl groups is 1. The van der Waals surface area contributed by atoms with Gasteiger partial charge in [-0.3, -0.25) is 4.79 Å². The van der Waals surface area contributed by atoms with E-state index in [9.17, 15) is 9.90 Å². The summed E-state index contributed by atoms with van der Waals surface area (Å²) in [6.07, 6.45) is -0.739. The number of benzene rings is 3. The van der Waals surface area contributed by atoms with Crippen molar-refractivity contribution in [1.29, 1.82) is 0 Å². The van der Waals surface area contributed by atoms with Crippen LogP contribution in [0.1, 0.15) is 15.9 Å². The van der Waals surface area contributed by atoms with Crippen molar-refractivity contribution < 1.29 is 14.6 Å². The van der Waals surface area contributed by atoms with Crippen molar-refractivity contribution in [1.82, 2.24) is 0 Å². The molecule has 4 rings (SSSR count). The summed E-state index contributed by atoms with van der Waals surface area (Å²) in [5, 5.41) is 12.3. The van der Waals surface area contributed by atoms with Crippen molar-refractivity contribution in [2.75, 3.05) is 18.1 Å². The molecule has 126 valence electrons. The summed E-state index contributed by atoms with van der Waals surface area (Å²) in [6, 6.07) is 21.4. The Bertz CT molecular complexity index is 902. The van der Waals surface area contributed by atoms with Crippen LogP contribution in [0.25, 0.3) is 10.8 Å². The Balaban J connectivity index is 1.43. The average molecular weight is 333 g/mol. The third-order valence-electron chi connectivity index (χ3n) is 4.46. The molecule has 0 saturated heterocycles. The number of carbonyl (C=O) groups excluding carboxylic acids is 1. The Kier molecular flexibility index (Phi) is 4.22. The van der Waals surface area contributed by atoms with Gasteiger partial charge in [0.25, 0.3) is 5.91 Å². The molecule has 0 spiro atoms. The fourth-order valence-corrected chi connectivity index (χ4v) is 3.31. The Morgan fingerprint density at radius 1 is 0.960 bits per heavy atom. The van der Waals surface area contributed by atoms with Crippen molar-refractivity contribution >= 4 is 22.4 Å². The summed E-state index contributed by atoms with van der Waals surface area (Å²) in [4.78, 5) is 14.3. The fraction of sp³-hybridized carbons (Fsp3) is 0.190. The largest absolute Gasteiger partial charge is 0.389 e. The Morgan fingerprint density at radius 2 is 1.72 bits per heavy atom. The summed E-state index contributed by atoms with van der Waals surface area (Å²) in [5.74, 6) is -0.0612. The maximum Gasteiger partial charge on any atom is 0.259 e. The van der Waals surface area contributed by atoms with Gasteiger partial charge in [0.05, 0.1) is 31.5 Å². The van der Waals surface area contributed by atoms with Gasteiger partial charge in [0, 0.05) is 10.9 Å². The summed E-state index contributed by atoms with van der Waals surface area (Å²) in [6.45, 7) is 0.855. The van der Waals surface area contributed by atoms with E-state index in [4.69, 9.17) is 4.74 Å². The van der Waals surface area contributed by atoms with Crippen LogP contribution in [-0.2, 0) is 11.3 Å². The van der Waals surface area contributed by atoms with E-state index in [2.05, 4.69) is 0 Å². The second-order valence-corrected chi connectivity index (χ2v) is 6.25. The average Bonchev–Trinajstić information content (AvgIpc) is 2.91. The van der Waals surface area contributed by atoms with Crippen LogP contribution in [0.15, 0.2) is 66.7 Å². The quantitative estimate of drug-likeness (QED) is 0.752. The third-order valence-corrected chi connectivity index (χ3v) is 4.46. The van der Waals surface area contributed by atoms with E-state index in [1.165, 1.54) is 0 Å². The standard InChI is InChI=1S/C21H19NO3/c23-17(14-25-13-15-6-2-1-3-7-15)12-22-19-11-5-9-16-8-4-10-18(20(16)19)21(22)24/h1-11,17,23H,12-14H2/t17-/m1/s1. The van der Waals surface area contributed by atoms with Gasteiger partial charge in [-0.25, -0.2) is 0 Å². The predicted octanol–water partition coefficient (Wildman–Crippen LogP) is 3.38. The van der Waals surface area contributed by atoms with Crippen LogP contribution >= 0.6 is 0 Å². The van der Waals surface area contributed by atoms with Crippen LogP contribution < -0.4 is 4.90 Å². The van der Waals surface area contributed by atoms with Crippen LogP contribution in [0, 0.1) is 0 Å². The maximum absolute atomic E-state index is 12.7. The normalized spacial score (nSPS) is 14.3. The molecule has 1 amide bonds. The van der Waals surface area contributed by atoms with Crippen molar-refractivity contribution in [3.05, 3.63) is 77.9 Å². The number of amides is 1. The minimum absolute atomic E-state index is 0.0612. The fourth-order valence-electron chi connectivity index (χ4n) is 3.31. The van der Waals surface area contributed by atoms with Crippen molar-refractivity contribution in [3.8, 4) is 0 Å². The number of hydrogen-bond acceptors (Lipinski definition) is 3. The molecule has 1 aliphatic rings. The lowest BCUT2D eigenvalue weighted by molar-refractivity contribution is 0.0317. The highest BCUT2D eigenvalue weighted by atomic mass is 16.5. The molecule has 25 heavy (non-hydrogen) atoms. The van der Waals surface area contributed by atoms with Gasteiger partial charge < -0.3 is 14.7 Å². The third kappa shape index (κ3) is 3.02. The number of rotatable bonds is 6. The molecule has 1 aliphatic heterocycles. The van der Waals surface area contributed by atoms with Gasteiger partial charge in [-0.1, -0.05) is 54.6 Å². The number of aliphatic hydroxyl groups excluding tert-OH is 1. The monoisotopic (exact) mass is 333 g/mol. The molecule has 0 aliphatic carbocycles. The van der Waals surface area contributed by atoms with Gasteiger partial charge in [-0.05, 0) is 23.1 Å². The van der Waals surface area contributed by atoms with Gasteiger partial charge in [0.15, 0.2) is 0 Å². The smallest absolute Gasteiger partial charge is 0.259 e. The molecule has 3 aromatic carbocycles. The highest BCUT2D eigenvalue weighted by Crippen LogP contribution is 2.37. The molecule has 0 aromatic heterocycles. The summed E-state index contributed by atoms with van der Waals surface area (Å²) >= 11 is 0. The van der Waals surface area contributed by atoms with Crippen LogP contribution in [-0.4, -0.2) is 30.3 Å². The predicted molar refractivity (Wildman–Crippen MR) is 97.7 cm³/mol. The van der Waals surface area contributed by atoms with E-state index in [0.29, 0.717) is 12.2 Å². The number of β-amino-alcohol motifs (C(OH)–C–C–N with tert-alkyl or cyclic N) is 1. The maximum atomic E-state index is 12.7. The molecule has 1 N–H and O–H groups in total. The first kappa shape index (κ1) is 15.8. The lowest BCUT2D eigenvalue weighted by Crippen LogP contribution is -2.37. The summed E-state index contributed by atoms with van der Waals surface area (Å²) < 4.78 is 5.59. The van der Waals surface area contributed by atoms with Gasteiger partial charge in [-0.2, -0.15) is 0 Å². The first-order chi connectivity index (χ1) is 12.2. The zero-order valence-corrected chi connectivity index (χ0v) is 13.8. The van der Waals surface area contributed by atoms with E-state index in [0.717, 1.165) is 22.0 Å². The van der Waals surface area contributed by atoms with E-state index in [1.54, 1.807) is 4.90 Å². The lowest BCUT2D eigenvalue weighted by atomic mass is 10.1. The molecule has 1 heterocycles. The SMILES string of the molecule is O=C1c2cccc3cccc(c23)N1C[C@@H](O)COCc1ccccc1. The molecule has 0 saturated carbocycles. The van der Waals surface area contributed by atoms with Gasteiger partial charge >= 0.3 is 0 Å². The van der Waals surface area contributed by atoms with E-state index in [-0.39, 0.29) is 19.1 Å². The van der Waals surface area contributed by atoms with Crippen LogP contribution in [0.3, 0.4) is 0 Å². The first-order valence-corrected chi connectivity index (χ1v) is 8.37. The molecular weight excluding hydrogens is 314 g/mol. The minimum atomic E-state index is -0.739. The molecule has 0 fully saturated rings. The highest BCUT2D eigenvalue weighted by Gasteiger charge is 2.30. The van der Waals surface area contributed by atoms with Gasteiger partial charge in [0.1, 0.15) is 0 Å². The Morgan fingerprint density at radius 3 is 2.52 bits per heavy atom. The second-order valence-electron chi connectivity index (χ2n) is 6.25. The molecule has 3 aromatic rings. The zero-order valence-electron chi connectivity index (χ0n) is 13.8. The van der Waals surface area contributed by atoms with Gasteiger partial charge in [0.2, 0.25) is 0 Å². The Hall–Kier alpha value is -2.69. The number of ether oxygens (including phenoxy) is 1. The molecule has 4 nitrogen and oxygen atoms in total. The van der Waals surface area contributed by atoms with E-state index >= 15 is 0 Å². The molecule has 0 bridgehead atoms. The number of anilines is 1.